The first-order valence-electron chi connectivity index (χ1n) is 9.74. The van der Waals surface area contributed by atoms with Gasteiger partial charge in [0.1, 0.15) is 10.7 Å². The second-order valence-corrected chi connectivity index (χ2v) is 9.88. The van der Waals surface area contributed by atoms with E-state index in [4.69, 9.17) is 0 Å². The van der Waals surface area contributed by atoms with E-state index in [0.717, 1.165) is 12.8 Å². The number of pyridine rings is 1. The van der Waals surface area contributed by atoms with E-state index in [1.807, 2.05) is 4.90 Å². The van der Waals surface area contributed by atoms with Gasteiger partial charge in [0.2, 0.25) is 5.91 Å². The molecule has 2 fully saturated rings. The molecule has 1 saturated heterocycles. The van der Waals surface area contributed by atoms with Crippen molar-refractivity contribution in [1.29, 1.82) is 0 Å². The van der Waals surface area contributed by atoms with E-state index in [1.165, 1.54) is 19.1 Å². The van der Waals surface area contributed by atoms with Crippen molar-refractivity contribution in [3.05, 3.63) is 18.3 Å². The molecule has 1 aromatic heterocycles. The van der Waals surface area contributed by atoms with Crippen LogP contribution in [-0.2, 0) is 14.6 Å². The lowest BCUT2D eigenvalue weighted by Gasteiger charge is -2.36. The van der Waals surface area contributed by atoms with E-state index in [-0.39, 0.29) is 10.8 Å². The van der Waals surface area contributed by atoms with Crippen molar-refractivity contribution in [3.63, 3.8) is 0 Å². The van der Waals surface area contributed by atoms with Crippen LogP contribution in [0.25, 0.3) is 0 Å². The van der Waals surface area contributed by atoms with Crippen molar-refractivity contribution < 1.29 is 13.2 Å². The Labute approximate surface area is 162 Å². The molecule has 0 radical (unpaired) electrons. The van der Waals surface area contributed by atoms with E-state index >= 15 is 0 Å². The van der Waals surface area contributed by atoms with Gasteiger partial charge in [-0.2, -0.15) is 0 Å². The maximum absolute atomic E-state index is 12.4. The molecule has 1 aromatic rings. The maximum Gasteiger partial charge on any atom is 0.234 e. The molecule has 2 unspecified atom stereocenters. The molecule has 0 aromatic carbocycles. The number of carbonyl (C=O) groups excluding carboxylic acids is 1. The fourth-order valence-corrected chi connectivity index (χ4v) is 4.91. The molecular formula is C19H30N4O3S. The molecule has 1 amide bonds. The topological polar surface area (TPSA) is 82.6 Å². The zero-order chi connectivity index (χ0) is 19.4. The van der Waals surface area contributed by atoms with Gasteiger partial charge >= 0.3 is 0 Å². The third-order valence-electron chi connectivity index (χ3n) is 5.49. The molecule has 1 N–H and O–H groups in total. The predicted octanol–water partition coefficient (Wildman–Crippen LogP) is 1.30. The fourth-order valence-electron chi connectivity index (χ4n) is 4.07. The summed E-state index contributed by atoms with van der Waals surface area (Å²) in [5.74, 6) is 1.30. The van der Waals surface area contributed by atoms with E-state index < -0.39 is 9.84 Å². The third-order valence-corrected chi connectivity index (χ3v) is 6.61. The van der Waals surface area contributed by atoms with Crippen LogP contribution in [0.5, 0.6) is 0 Å². The van der Waals surface area contributed by atoms with Crippen LogP contribution in [0.3, 0.4) is 0 Å². The first kappa shape index (κ1) is 20.1. The quantitative estimate of drug-likeness (QED) is 0.811. The van der Waals surface area contributed by atoms with E-state index in [0.29, 0.717) is 50.5 Å². The van der Waals surface area contributed by atoms with Crippen LogP contribution in [0, 0.1) is 5.92 Å². The number of rotatable bonds is 5. The van der Waals surface area contributed by atoms with E-state index in [1.54, 1.807) is 18.3 Å². The molecular weight excluding hydrogens is 364 g/mol. The lowest BCUT2D eigenvalue weighted by atomic mass is 9.87. The molecule has 27 heavy (non-hydrogen) atoms. The van der Waals surface area contributed by atoms with Crippen LogP contribution < -0.4 is 10.2 Å². The van der Waals surface area contributed by atoms with Crippen LogP contribution in [0.15, 0.2) is 23.2 Å². The minimum absolute atomic E-state index is 0.0946. The highest BCUT2D eigenvalue weighted by molar-refractivity contribution is 7.90. The molecule has 1 saturated carbocycles. The van der Waals surface area contributed by atoms with Crippen molar-refractivity contribution in [2.24, 2.45) is 5.92 Å². The van der Waals surface area contributed by atoms with Crippen molar-refractivity contribution in [2.45, 2.75) is 43.5 Å². The number of sulfone groups is 1. The standard InChI is InChI=1S/C19H30N4O3S/c1-15-5-3-6-16(13-15)21-18(24)14-22-9-11-23(12-10-22)19-17(27(2,25)26)7-4-8-20-19/h4,7-8,15-16H,3,5-6,9-14H2,1-2H3,(H,21,24). The van der Waals surface area contributed by atoms with Gasteiger partial charge in [-0.25, -0.2) is 13.4 Å². The highest BCUT2D eigenvalue weighted by Crippen LogP contribution is 2.24. The summed E-state index contributed by atoms with van der Waals surface area (Å²) in [7, 11) is -3.32. The van der Waals surface area contributed by atoms with Crippen LogP contribution in [0.2, 0.25) is 0 Å². The Morgan fingerprint density at radius 3 is 2.67 bits per heavy atom. The second-order valence-electron chi connectivity index (χ2n) is 7.90. The number of nitrogens with zero attached hydrogens (tertiary/aromatic N) is 3. The number of hydrogen-bond acceptors (Lipinski definition) is 6. The number of amides is 1. The molecule has 1 aliphatic carbocycles. The molecule has 7 nitrogen and oxygen atoms in total. The van der Waals surface area contributed by atoms with Gasteiger partial charge in [-0.05, 0) is 30.9 Å². The van der Waals surface area contributed by atoms with Gasteiger partial charge in [-0.3, -0.25) is 9.69 Å². The molecule has 2 aliphatic rings. The number of nitrogens with one attached hydrogen (secondary N) is 1. The van der Waals surface area contributed by atoms with E-state index in [9.17, 15) is 13.2 Å². The summed E-state index contributed by atoms with van der Waals surface area (Å²) in [4.78, 5) is 21.0. The first-order valence-corrected chi connectivity index (χ1v) is 11.6. The summed E-state index contributed by atoms with van der Waals surface area (Å²) in [6, 6.07) is 3.56. The average molecular weight is 395 g/mol. The largest absolute Gasteiger partial charge is 0.353 e. The number of hydrogen-bond donors (Lipinski definition) is 1. The summed E-state index contributed by atoms with van der Waals surface area (Å²) in [6.07, 6.45) is 7.44. The third kappa shape index (κ3) is 5.42. The Kier molecular flexibility index (Phi) is 6.37. The lowest BCUT2D eigenvalue weighted by Crippen LogP contribution is -2.51. The number of piperazine rings is 1. The lowest BCUT2D eigenvalue weighted by molar-refractivity contribution is -0.123. The van der Waals surface area contributed by atoms with Crippen LogP contribution in [-0.4, -0.2) is 69.2 Å². The van der Waals surface area contributed by atoms with Gasteiger partial charge in [-0.15, -0.1) is 0 Å². The van der Waals surface area contributed by atoms with Gasteiger partial charge in [0.15, 0.2) is 9.84 Å². The molecule has 0 bridgehead atoms. The zero-order valence-corrected chi connectivity index (χ0v) is 17.0. The molecule has 1 aliphatic heterocycles. The van der Waals surface area contributed by atoms with Gasteiger partial charge in [0.25, 0.3) is 0 Å². The molecule has 8 heteroatoms. The van der Waals surface area contributed by atoms with Crippen molar-refractivity contribution in [1.82, 2.24) is 15.2 Å². The Hall–Kier alpha value is -1.67. The maximum atomic E-state index is 12.4. The monoisotopic (exact) mass is 394 g/mol. The number of anilines is 1. The summed E-state index contributed by atoms with van der Waals surface area (Å²) < 4.78 is 24.0. The smallest absolute Gasteiger partial charge is 0.234 e. The Morgan fingerprint density at radius 2 is 2.00 bits per heavy atom. The van der Waals surface area contributed by atoms with Crippen LogP contribution in [0.1, 0.15) is 32.6 Å². The van der Waals surface area contributed by atoms with Crippen molar-refractivity contribution >= 4 is 21.6 Å². The Bertz CT molecular complexity index is 760. The zero-order valence-electron chi connectivity index (χ0n) is 16.2. The summed E-state index contributed by atoms with van der Waals surface area (Å²) in [5, 5.41) is 3.18. The van der Waals surface area contributed by atoms with Crippen molar-refractivity contribution in [3.8, 4) is 0 Å². The minimum Gasteiger partial charge on any atom is -0.353 e. The number of carbonyl (C=O) groups is 1. The molecule has 0 spiro atoms. The number of aromatic nitrogens is 1. The Morgan fingerprint density at radius 1 is 1.26 bits per heavy atom. The fraction of sp³-hybridized carbons (Fsp3) is 0.684. The Balaban J connectivity index is 1.52. The van der Waals surface area contributed by atoms with Crippen molar-refractivity contribution in [2.75, 3.05) is 43.9 Å². The SMILES string of the molecule is CC1CCCC(NC(=O)CN2CCN(c3ncccc3S(C)(=O)=O)CC2)C1. The predicted molar refractivity (Wildman–Crippen MR) is 106 cm³/mol. The summed E-state index contributed by atoms with van der Waals surface area (Å²) in [5.41, 5.74) is 0. The first-order chi connectivity index (χ1) is 12.8. The van der Waals surface area contributed by atoms with Gasteiger partial charge < -0.3 is 10.2 Å². The molecule has 2 atom stereocenters. The molecule has 150 valence electrons. The summed E-state index contributed by atoms with van der Waals surface area (Å²) in [6.45, 7) is 5.41. The molecule has 2 heterocycles. The highest BCUT2D eigenvalue weighted by Gasteiger charge is 2.25. The van der Waals surface area contributed by atoms with Crippen LogP contribution in [0.4, 0.5) is 5.82 Å². The highest BCUT2D eigenvalue weighted by atomic mass is 32.2. The second kappa shape index (κ2) is 8.56. The van der Waals surface area contributed by atoms with Gasteiger partial charge in [-0.1, -0.05) is 19.8 Å². The molecule has 3 rings (SSSR count). The van der Waals surface area contributed by atoms with Gasteiger partial charge in [0, 0.05) is 44.7 Å². The van der Waals surface area contributed by atoms with Crippen LogP contribution >= 0.6 is 0 Å². The average Bonchev–Trinajstić information content (AvgIpc) is 2.61. The van der Waals surface area contributed by atoms with Gasteiger partial charge in [0.05, 0.1) is 6.54 Å². The van der Waals surface area contributed by atoms with E-state index in [2.05, 4.69) is 22.1 Å². The normalized spacial score (nSPS) is 24.6. The summed E-state index contributed by atoms with van der Waals surface area (Å²) >= 11 is 0. The minimum atomic E-state index is -3.32.